The van der Waals surface area contributed by atoms with Gasteiger partial charge < -0.3 is 14.7 Å². The number of nitrogens with zero attached hydrogens (tertiary/aromatic N) is 4. The van der Waals surface area contributed by atoms with Crippen LogP contribution in [0.5, 0.6) is 0 Å². The zero-order chi connectivity index (χ0) is 30.2. The summed E-state index contributed by atoms with van der Waals surface area (Å²) < 4.78 is 80.5. The van der Waals surface area contributed by atoms with Crippen LogP contribution >= 0.6 is 12.4 Å². The molecule has 1 saturated heterocycles. The number of hydrogen-bond donors (Lipinski definition) is 0. The van der Waals surface area contributed by atoms with E-state index in [2.05, 4.69) is 14.8 Å². The molecule has 0 aliphatic carbocycles. The van der Waals surface area contributed by atoms with E-state index in [0.717, 1.165) is 47.4 Å². The maximum Gasteiger partial charge on any atom is 0.416 e. The van der Waals surface area contributed by atoms with E-state index in [-0.39, 0.29) is 29.6 Å². The molecule has 0 bridgehead atoms. The van der Waals surface area contributed by atoms with Gasteiger partial charge in [0, 0.05) is 51.5 Å². The van der Waals surface area contributed by atoms with Gasteiger partial charge in [-0.3, -0.25) is 4.79 Å². The maximum atomic E-state index is 13.8. The molecule has 0 radical (unpaired) electrons. The lowest BCUT2D eigenvalue weighted by atomic mass is 9.95. The number of carbonyl (C=O) groups is 1. The minimum Gasteiger partial charge on any atom is -0.354 e. The molecule has 5 rings (SSSR count). The molecule has 0 N–H and O–H groups in total. The van der Waals surface area contributed by atoms with Crippen molar-refractivity contribution in [2.24, 2.45) is 0 Å². The minimum absolute atomic E-state index is 0. The van der Waals surface area contributed by atoms with Crippen LogP contribution in [0.15, 0.2) is 72.9 Å². The molecular formula is C31H29ClF6N4O. The first-order valence-electron chi connectivity index (χ1n) is 13.3. The number of carbonyl (C=O) groups excluding carboxylic acids is 1. The molecule has 1 aliphatic rings. The topological polar surface area (TPSA) is 39.7 Å². The Hall–Kier alpha value is -3.83. The summed E-state index contributed by atoms with van der Waals surface area (Å²) in [5, 5.41) is 1.84. The van der Waals surface area contributed by atoms with Crippen LogP contribution in [0.4, 0.5) is 32.2 Å². The van der Waals surface area contributed by atoms with Crippen molar-refractivity contribution in [1.29, 1.82) is 0 Å². The molecule has 3 aromatic carbocycles. The lowest BCUT2D eigenvalue weighted by Gasteiger charge is -2.33. The molecule has 1 aliphatic heterocycles. The van der Waals surface area contributed by atoms with Gasteiger partial charge in [0.2, 0.25) is 0 Å². The third kappa shape index (κ3) is 7.05. The number of pyridine rings is 1. The summed E-state index contributed by atoms with van der Waals surface area (Å²) in [5.41, 5.74) is -1.62. The van der Waals surface area contributed by atoms with E-state index in [1.807, 2.05) is 55.6 Å². The largest absolute Gasteiger partial charge is 0.416 e. The van der Waals surface area contributed by atoms with Crippen molar-refractivity contribution in [3.63, 3.8) is 0 Å². The Balaban J connectivity index is 0.00000423. The normalized spacial score (nSPS) is 14.5. The number of aromatic nitrogens is 1. The molecule has 0 atom stereocenters. The van der Waals surface area contributed by atoms with Gasteiger partial charge in [-0.2, -0.15) is 26.3 Å². The second-order valence-electron chi connectivity index (χ2n) is 10.5. The van der Waals surface area contributed by atoms with Gasteiger partial charge in [-0.15, -0.1) is 12.4 Å². The molecule has 0 unspecified atom stereocenters. The first-order chi connectivity index (χ1) is 19.8. The monoisotopic (exact) mass is 622 g/mol. The lowest BCUT2D eigenvalue weighted by molar-refractivity contribution is -0.143. The number of amides is 1. The van der Waals surface area contributed by atoms with Crippen molar-refractivity contribution in [2.45, 2.75) is 18.9 Å². The third-order valence-corrected chi connectivity index (χ3v) is 7.44. The predicted octanol–water partition coefficient (Wildman–Crippen LogP) is 7.39. The zero-order valence-corrected chi connectivity index (χ0v) is 24.2. The summed E-state index contributed by atoms with van der Waals surface area (Å²) in [6, 6.07) is 16.5. The van der Waals surface area contributed by atoms with Crippen LogP contribution < -0.4 is 4.90 Å². The highest BCUT2D eigenvalue weighted by Gasteiger charge is 2.37. The fourth-order valence-electron chi connectivity index (χ4n) is 5.17. The summed E-state index contributed by atoms with van der Waals surface area (Å²) in [6.45, 7) is 2.68. The lowest BCUT2D eigenvalue weighted by Crippen LogP contribution is -2.44. The average Bonchev–Trinajstić information content (AvgIpc) is 2.95. The second-order valence-corrected chi connectivity index (χ2v) is 10.5. The molecule has 43 heavy (non-hydrogen) atoms. The number of halogens is 7. The number of anilines is 1. The molecule has 0 saturated carbocycles. The molecular weight excluding hydrogens is 594 g/mol. The van der Waals surface area contributed by atoms with Crippen molar-refractivity contribution in [3.8, 4) is 11.1 Å². The quantitative estimate of drug-likeness (QED) is 0.218. The van der Waals surface area contributed by atoms with Gasteiger partial charge in [0.15, 0.2) is 0 Å². The second kappa shape index (κ2) is 12.4. The number of fused-ring (bicyclic) bond motifs is 1. The number of rotatable bonds is 5. The van der Waals surface area contributed by atoms with Crippen LogP contribution in [0.25, 0.3) is 21.9 Å². The van der Waals surface area contributed by atoms with Gasteiger partial charge in [0.1, 0.15) is 5.82 Å². The van der Waals surface area contributed by atoms with Gasteiger partial charge >= 0.3 is 12.4 Å². The molecule has 2 heterocycles. The standard InChI is InChI=1S/C31H28F6N4O.ClH/c1-39-10-12-41(13-11-39)28-17-26(25-9-5-7-21-6-3-4-8-24(21)25)27(18-38-28)29(42)40(2)19-20-14-22(30(32,33)34)16-23(15-20)31(35,36)37;/h3-9,14-18H,10-13,19H2,1-2H3;1H. The number of piperazine rings is 1. The summed E-state index contributed by atoms with van der Waals surface area (Å²) in [4.78, 5) is 23.8. The highest BCUT2D eigenvalue weighted by Crippen LogP contribution is 2.37. The zero-order valence-electron chi connectivity index (χ0n) is 23.3. The van der Waals surface area contributed by atoms with E-state index in [9.17, 15) is 31.1 Å². The van der Waals surface area contributed by atoms with Gasteiger partial charge in [0.25, 0.3) is 5.91 Å². The summed E-state index contributed by atoms with van der Waals surface area (Å²) in [5.74, 6) is 0.0965. The van der Waals surface area contributed by atoms with Crippen LogP contribution in [-0.2, 0) is 18.9 Å². The number of benzene rings is 3. The smallest absolute Gasteiger partial charge is 0.354 e. The maximum absolute atomic E-state index is 13.8. The molecule has 1 amide bonds. The fraction of sp³-hybridized carbons (Fsp3) is 0.290. The van der Waals surface area contributed by atoms with Crippen LogP contribution in [0.3, 0.4) is 0 Å². The van der Waals surface area contributed by atoms with Crippen LogP contribution in [0, 0.1) is 0 Å². The molecule has 4 aromatic rings. The first kappa shape index (κ1) is 32.1. The Morgan fingerprint density at radius 3 is 2.07 bits per heavy atom. The Morgan fingerprint density at radius 2 is 1.44 bits per heavy atom. The van der Waals surface area contributed by atoms with Crippen molar-refractivity contribution in [2.75, 3.05) is 45.2 Å². The molecule has 5 nitrogen and oxygen atoms in total. The molecule has 12 heteroatoms. The van der Waals surface area contributed by atoms with Gasteiger partial charge in [-0.25, -0.2) is 4.98 Å². The summed E-state index contributed by atoms with van der Waals surface area (Å²) in [7, 11) is 3.38. The van der Waals surface area contributed by atoms with E-state index in [1.54, 1.807) is 0 Å². The summed E-state index contributed by atoms with van der Waals surface area (Å²) in [6.07, 6.45) is -8.52. The highest BCUT2D eigenvalue weighted by atomic mass is 35.5. The van der Waals surface area contributed by atoms with E-state index < -0.39 is 35.9 Å². The Kier molecular flexibility index (Phi) is 9.27. The highest BCUT2D eigenvalue weighted by molar-refractivity contribution is 6.06. The van der Waals surface area contributed by atoms with Crippen molar-refractivity contribution < 1.29 is 31.1 Å². The molecule has 0 spiro atoms. The van der Waals surface area contributed by atoms with Crippen LogP contribution in [0.1, 0.15) is 27.0 Å². The summed E-state index contributed by atoms with van der Waals surface area (Å²) >= 11 is 0. The number of alkyl halides is 6. The Bertz CT molecular complexity index is 1580. The van der Waals surface area contributed by atoms with E-state index >= 15 is 0 Å². The van der Waals surface area contributed by atoms with E-state index in [1.165, 1.54) is 13.2 Å². The first-order valence-corrected chi connectivity index (χ1v) is 13.3. The molecule has 1 fully saturated rings. The van der Waals surface area contributed by atoms with Crippen molar-refractivity contribution in [1.82, 2.24) is 14.8 Å². The van der Waals surface area contributed by atoms with Gasteiger partial charge in [0.05, 0.1) is 16.7 Å². The number of hydrogen-bond acceptors (Lipinski definition) is 4. The Labute approximate surface area is 251 Å². The average molecular weight is 623 g/mol. The van der Waals surface area contributed by atoms with Crippen LogP contribution in [0.2, 0.25) is 0 Å². The van der Waals surface area contributed by atoms with Crippen LogP contribution in [-0.4, -0.2) is 61.0 Å². The van der Waals surface area contributed by atoms with Gasteiger partial charge in [-0.1, -0.05) is 42.5 Å². The van der Waals surface area contributed by atoms with E-state index in [4.69, 9.17) is 0 Å². The van der Waals surface area contributed by atoms with Crippen molar-refractivity contribution >= 4 is 34.9 Å². The van der Waals surface area contributed by atoms with Gasteiger partial charge in [-0.05, 0) is 53.2 Å². The fourth-order valence-corrected chi connectivity index (χ4v) is 5.17. The number of likely N-dealkylation sites (N-methyl/N-ethyl adjacent to an activating group) is 1. The molecule has 1 aromatic heterocycles. The van der Waals surface area contributed by atoms with Crippen molar-refractivity contribution in [3.05, 3.63) is 95.2 Å². The minimum atomic E-state index is -4.98. The third-order valence-electron chi connectivity index (χ3n) is 7.44. The Morgan fingerprint density at radius 1 is 0.837 bits per heavy atom. The van der Waals surface area contributed by atoms with E-state index in [0.29, 0.717) is 23.5 Å². The predicted molar refractivity (Wildman–Crippen MR) is 156 cm³/mol. The molecule has 228 valence electrons. The SMILES string of the molecule is CN1CCN(c2cc(-c3cccc4ccccc34)c(C(=O)N(C)Cc3cc(C(F)(F)F)cc(C(F)(F)F)c3)cn2)CC1.Cl.